The number of carbonyl (C=O) groups is 2. The molecule has 1 fully saturated rings. The van der Waals surface area contributed by atoms with Crippen LogP contribution in [-0.2, 0) is 23.1 Å². The maximum absolute atomic E-state index is 12.6. The van der Waals surface area contributed by atoms with Crippen LogP contribution in [0, 0.1) is 0 Å². The van der Waals surface area contributed by atoms with Crippen molar-refractivity contribution in [2.75, 3.05) is 0 Å². The van der Waals surface area contributed by atoms with E-state index in [4.69, 9.17) is 7.85 Å². The number of amides is 2. The molecule has 0 saturated carbocycles. The Bertz CT molecular complexity index is 853. The molecule has 2 radical (unpaired) electrons. The van der Waals surface area contributed by atoms with Gasteiger partial charge >= 0.3 is 5.69 Å². The maximum atomic E-state index is 12.6. The predicted molar refractivity (Wildman–Crippen MR) is 92.1 cm³/mol. The zero-order chi connectivity index (χ0) is 17.3. The van der Waals surface area contributed by atoms with Gasteiger partial charge < -0.3 is 0 Å². The Kier molecular flexibility index (Phi) is 4.60. The lowest BCUT2D eigenvalue weighted by Crippen LogP contribution is -2.44. The molecule has 2 aromatic rings. The number of piperidine rings is 1. The van der Waals surface area contributed by atoms with Crippen molar-refractivity contribution in [1.29, 1.82) is 0 Å². The monoisotopic (exact) mass is 325 g/mol. The highest BCUT2D eigenvalue weighted by Crippen LogP contribution is 2.24. The highest BCUT2D eigenvalue weighted by atomic mass is 16.2. The van der Waals surface area contributed by atoms with Gasteiger partial charge in [-0.05, 0) is 37.0 Å². The molecule has 1 aromatic heterocycles. The number of aryl methyl sites for hydroxylation is 2. The van der Waals surface area contributed by atoms with Crippen molar-refractivity contribution in [3.63, 3.8) is 0 Å². The normalized spacial score (nSPS) is 18.1. The van der Waals surface area contributed by atoms with Crippen molar-refractivity contribution in [1.82, 2.24) is 14.5 Å². The number of carbonyl (C=O) groups excluding carboxylic acids is 2. The molecule has 2 heterocycles. The topological polar surface area (TPSA) is 73.1 Å². The fraction of sp³-hybridized carbons (Fsp3) is 0.471. The van der Waals surface area contributed by atoms with E-state index >= 15 is 0 Å². The Hall–Kier alpha value is -2.31. The number of aromatic nitrogens is 2. The summed E-state index contributed by atoms with van der Waals surface area (Å²) >= 11 is 0. The second-order valence-corrected chi connectivity index (χ2v) is 6.25. The molecule has 1 aromatic carbocycles. The lowest BCUT2D eigenvalue weighted by molar-refractivity contribution is -0.135. The van der Waals surface area contributed by atoms with Crippen molar-refractivity contribution < 1.29 is 9.59 Å². The molecule has 0 spiro atoms. The van der Waals surface area contributed by atoms with Crippen LogP contribution in [-0.4, -0.2) is 28.8 Å². The van der Waals surface area contributed by atoms with Crippen molar-refractivity contribution in [3.8, 4) is 0 Å². The number of fused-ring (bicyclic) bond motifs is 1. The van der Waals surface area contributed by atoms with Gasteiger partial charge in [-0.15, -0.1) is 0 Å². The molecule has 1 atom stereocenters. The molecule has 3 rings (SSSR count). The number of nitrogens with zero attached hydrogens (tertiary/aromatic N) is 2. The third kappa shape index (κ3) is 2.90. The van der Waals surface area contributed by atoms with Gasteiger partial charge in [-0.1, -0.05) is 18.8 Å². The molecule has 1 saturated heterocycles. The number of benzene rings is 1. The van der Waals surface area contributed by atoms with E-state index in [2.05, 4.69) is 5.32 Å². The summed E-state index contributed by atoms with van der Waals surface area (Å²) in [7, 11) is 7.23. The second kappa shape index (κ2) is 6.67. The molecule has 24 heavy (non-hydrogen) atoms. The van der Waals surface area contributed by atoms with E-state index in [9.17, 15) is 14.4 Å². The van der Waals surface area contributed by atoms with Crippen molar-refractivity contribution in [2.24, 2.45) is 7.05 Å². The number of unbranched alkanes of at least 4 members (excludes halogenated alkanes) is 1. The van der Waals surface area contributed by atoms with Gasteiger partial charge in [0.2, 0.25) is 11.8 Å². The van der Waals surface area contributed by atoms with E-state index < -0.39 is 11.9 Å². The van der Waals surface area contributed by atoms with Gasteiger partial charge in [-0.3, -0.25) is 24.0 Å². The van der Waals surface area contributed by atoms with Gasteiger partial charge in [0.25, 0.3) is 0 Å². The number of nitrogens with one attached hydrogen (secondary N) is 1. The van der Waals surface area contributed by atoms with E-state index in [-0.39, 0.29) is 18.0 Å². The molecule has 124 valence electrons. The highest BCUT2D eigenvalue weighted by Gasteiger charge is 2.31. The van der Waals surface area contributed by atoms with Crippen LogP contribution in [0.5, 0.6) is 0 Å². The summed E-state index contributed by atoms with van der Waals surface area (Å²) < 4.78 is 3.06. The molecule has 7 heteroatoms. The summed E-state index contributed by atoms with van der Waals surface area (Å²) in [5, 5.41) is 2.32. The van der Waals surface area contributed by atoms with Crippen LogP contribution in [0.1, 0.15) is 37.3 Å². The molecular formula is C17H20BN3O3. The van der Waals surface area contributed by atoms with Crippen LogP contribution in [0.3, 0.4) is 0 Å². The zero-order valence-electron chi connectivity index (χ0n) is 13.7. The van der Waals surface area contributed by atoms with Gasteiger partial charge in [0, 0.05) is 13.5 Å². The Balaban J connectivity index is 2.00. The van der Waals surface area contributed by atoms with E-state index in [0.29, 0.717) is 12.7 Å². The minimum absolute atomic E-state index is 0.237. The summed E-state index contributed by atoms with van der Waals surface area (Å²) in [6, 6.07) is 5.23. The molecule has 1 unspecified atom stereocenters. The Morgan fingerprint density at radius 3 is 2.71 bits per heavy atom. The highest BCUT2D eigenvalue weighted by molar-refractivity contribution is 6.08. The lowest BCUT2D eigenvalue weighted by Gasteiger charge is -2.21. The van der Waals surface area contributed by atoms with E-state index in [0.717, 1.165) is 35.9 Å². The first kappa shape index (κ1) is 16.5. The number of hydrogen-bond donors (Lipinski definition) is 1. The average Bonchev–Trinajstić information content (AvgIpc) is 2.80. The van der Waals surface area contributed by atoms with Gasteiger partial charge in [0.1, 0.15) is 6.04 Å². The third-order valence-electron chi connectivity index (χ3n) is 4.60. The molecule has 1 aliphatic heterocycles. The van der Waals surface area contributed by atoms with Crippen molar-refractivity contribution in [3.05, 3.63) is 34.2 Å². The fourth-order valence-corrected chi connectivity index (χ4v) is 3.27. The van der Waals surface area contributed by atoms with Gasteiger partial charge in [-0.25, -0.2) is 4.79 Å². The largest absolute Gasteiger partial charge is 0.329 e. The smallest absolute Gasteiger partial charge is 0.295 e. The number of imide groups is 1. The van der Waals surface area contributed by atoms with Crippen molar-refractivity contribution >= 4 is 30.7 Å². The SMILES string of the molecule is [B]CCCCc1ccc2c(c1)n(C)c(=O)n2C1CCC(=O)NC1=O. The molecule has 2 amide bonds. The first-order valence-corrected chi connectivity index (χ1v) is 8.26. The van der Waals surface area contributed by atoms with E-state index in [1.54, 1.807) is 11.6 Å². The summed E-state index contributed by atoms with van der Waals surface area (Å²) in [6.45, 7) is 0. The van der Waals surface area contributed by atoms with Gasteiger partial charge in [-0.2, -0.15) is 0 Å². The molecule has 0 aliphatic carbocycles. The number of rotatable bonds is 5. The third-order valence-corrected chi connectivity index (χ3v) is 4.60. The van der Waals surface area contributed by atoms with Crippen LogP contribution >= 0.6 is 0 Å². The quantitative estimate of drug-likeness (QED) is 0.510. The van der Waals surface area contributed by atoms with Gasteiger partial charge in [0.05, 0.1) is 18.9 Å². The minimum atomic E-state index is -0.637. The van der Waals surface area contributed by atoms with E-state index in [1.807, 2.05) is 18.2 Å². The Morgan fingerprint density at radius 1 is 1.21 bits per heavy atom. The van der Waals surface area contributed by atoms with Crippen LogP contribution < -0.4 is 11.0 Å². The molecule has 1 N–H and O–H groups in total. The van der Waals surface area contributed by atoms with Crippen LogP contribution in [0.25, 0.3) is 11.0 Å². The van der Waals surface area contributed by atoms with Crippen molar-refractivity contribution in [2.45, 2.75) is 44.5 Å². The average molecular weight is 325 g/mol. The predicted octanol–water partition coefficient (Wildman–Crippen LogP) is 1.23. The second-order valence-electron chi connectivity index (χ2n) is 6.25. The molecular weight excluding hydrogens is 305 g/mol. The fourth-order valence-electron chi connectivity index (χ4n) is 3.27. The zero-order valence-corrected chi connectivity index (χ0v) is 13.7. The molecule has 0 bridgehead atoms. The Morgan fingerprint density at radius 2 is 2.00 bits per heavy atom. The first-order chi connectivity index (χ1) is 11.5. The number of hydrogen-bond acceptors (Lipinski definition) is 3. The first-order valence-electron chi connectivity index (χ1n) is 8.26. The lowest BCUT2D eigenvalue weighted by atomic mass is 9.97. The van der Waals surface area contributed by atoms with Gasteiger partial charge in [0.15, 0.2) is 0 Å². The summed E-state index contributed by atoms with van der Waals surface area (Å²) in [5.41, 5.74) is 2.43. The van der Waals surface area contributed by atoms with E-state index in [1.165, 1.54) is 4.57 Å². The standard InChI is InChI=1S/C17H20BN3O3/c1-20-14-10-11(4-2-3-9-18)5-6-12(14)21(17(20)24)13-7-8-15(22)19-16(13)23/h5-6,10,13H,2-4,7-9H2,1H3,(H,19,22,23). The summed E-state index contributed by atoms with van der Waals surface area (Å²) in [5.74, 6) is -0.695. The number of imidazole rings is 1. The minimum Gasteiger partial charge on any atom is -0.295 e. The molecule has 6 nitrogen and oxygen atoms in total. The summed E-state index contributed by atoms with van der Waals surface area (Å²) in [6.07, 6.45) is 4.15. The molecule has 1 aliphatic rings. The van der Waals surface area contributed by atoms with Crippen LogP contribution in [0.2, 0.25) is 6.32 Å². The Labute approximate surface area is 141 Å². The summed E-state index contributed by atoms with van der Waals surface area (Å²) in [4.78, 5) is 36.1. The maximum Gasteiger partial charge on any atom is 0.329 e. The van der Waals surface area contributed by atoms with Crippen LogP contribution in [0.15, 0.2) is 23.0 Å². The van der Waals surface area contributed by atoms with Crippen LogP contribution in [0.4, 0.5) is 0 Å².